The molecule has 4 nitrogen and oxygen atoms in total. The van der Waals surface area contributed by atoms with Gasteiger partial charge in [0.1, 0.15) is 22.3 Å². The molecule has 5 rings (SSSR count). The van der Waals surface area contributed by atoms with Gasteiger partial charge >= 0.3 is 0 Å². The summed E-state index contributed by atoms with van der Waals surface area (Å²) in [4.78, 5) is 16.2. The highest BCUT2D eigenvalue weighted by atomic mass is 35.5. The van der Waals surface area contributed by atoms with Gasteiger partial charge in [0.15, 0.2) is 5.82 Å². The SMILES string of the molecule is Cc1ccc(N=Cc2ccc(OCc3nc(Cl)c4c5c(sc4n3)CCCC5)cc2)c(C)c1. The number of aromatic nitrogens is 2. The third-order valence-electron chi connectivity index (χ3n) is 5.77. The largest absolute Gasteiger partial charge is 0.486 e. The maximum Gasteiger partial charge on any atom is 0.169 e. The van der Waals surface area contributed by atoms with Gasteiger partial charge in [0.25, 0.3) is 0 Å². The summed E-state index contributed by atoms with van der Waals surface area (Å²) in [6.07, 6.45) is 6.53. The van der Waals surface area contributed by atoms with Crippen LogP contribution in [0.4, 0.5) is 5.69 Å². The summed E-state index contributed by atoms with van der Waals surface area (Å²) in [7, 11) is 0. The van der Waals surface area contributed by atoms with Crippen LogP contribution in [0.25, 0.3) is 10.2 Å². The molecule has 0 fully saturated rings. The van der Waals surface area contributed by atoms with Crippen LogP contribution in [0.1, 0.15) is 45.8 Å². The number of nitrogens with zero attached hydrogens (tertiary/aromatic N) is 3. The van der Waals surface area contributed by atoms with E-state index in [-0.39, 0.29) is 6.61 Å². The smallest absolute Gasteiger partial charge is 0.169 e. The van der Waals surface area contributed by atoms with Crippen LogP contribution < -0.4 is 4.74 Å². The van der Waals surface area contributed by atoms with Crippen molar-refractivity contribution in [2.45, 2.75) is 46.1 Å². The monoisotopic (exact) mass is 461 g/mol. The number of benzene rings is 2. The Kier molecular flexibility index (Phi) is 5.94. The molecule has 2 heterocycles. The molecule has 6 heteroatoms. The molecular weight excluding hydrogens is 438 g/mol. The first-order chi connectivity index (χ1) is 15.6. The van der Waals surface area contributed by atoms with Gasteiger partial charge in [-0.2, -0.15) is 0 Å². The van der Waals surface area contributed by atoms with E-state index < -0.39 is 0 Å². The van der Waals surface area contributed by atoms with Crippen molar-refractivity contribution in [3.63, 3.8) is 0 Å². The molecule has 4 aromatic rings. The van der Waals surface area contributed by atoms with Crippen LogP contribution in [0.15, 0.2) is 47.5 Å². The van der Waals surface area contributed by atoms with Crippen LogP contribution in [0, 0.1) is 13.8 Å². The van der Waals surface area contributed by atoms with Gasteiger partial charge in [-0.15, -0.1) is 11.3 Å². The topological polar surface area (TPSA) is 47.4 Å². The lowest BCUT2D eigenvalue weighted by molar-refractivity contribution is 0.296. The molecule has 162 valence electrons. The Morgan fingerprint density at radius 1 is 1.06 bits per heavy atom. The van der Waals surface area contributed by atoms with Gasteiger partial charge in [-0.25, -0.2) is 9.97 Å². The number of aryl methyl sites for hydroxylation is 4. The molecule has 1 aliphatic carbocycles. The van der Waals surface area contributed by atoms with Gasteiger partial charge in [-0.3, -0.25) is 4.99 Å². The van der Waals surface area contributed by atoms with Gasteiger partial charge in [0.2, 0.25) is 0 Å². The van der Waals surface area contributed by atoms with Crippen molar-refractivity contribution in [1.82, 2.24) is 9.97 Å². The molecule has 2 aromatic heterocycles. The molecule has 0 radical (unpaired) electrons. The van der Waals surface area contributed by atoms with Crippen LogP contribution in [-0.4, -0.2) is 16.2 Å². The van der Waals surface area contributed by atoms with Crippen LogP contribution in [0.2, 0.25) is 5.15 Å². The van der Waals surface area contributed by atoms with Crippen LogP contribution in [-0.2, 0) is 19.4 Å². The van der Waals surface area contributed by atoms with Crippen molar-refractivity contribution in [1.29, 1.82) is 0 Å². The summed E-state index contributed by atoms with van der Waals surface area (Å²) in [6, 6.07) is 14.1. The summed E-state index contributed by atoms with van der Waals surface area (Å²) in [5, 5.41) is 1.59. The molecule has 2 aromatic carbocycles. The van der Waals surface area contributed by atoms with Gasteiger partial charge in [-0.1, -0.05) is 29.3 Å². The number of aliphatic imine (C=N–C) groups is 1. The third kappa shape index (κ3) is 4.41. The van der Waals surface area contributed by atoms with Crippen molar-refractivity contribution < 1.29 is 4.74 Å². The lowest BCUT2D eigenvalue weighted by Crippen LogP contribution is -2.03. The first kappa shape index (κ1) is 21.1. The highest BCUT2D eigenvalue weighted by molar-refractivity contribution is 7.19. The van der Waals surface area contributed by atoms with Crippen LogP contribution in [0.3, 0.4) is 0 Å². The lowest BCUT2D eigenvalue weighted by atomic mass is 9.97. The zero-order chi connectivity index (χ0) is 22.1. The number of halogens is 1. The Balaban J connectivity index is 1.27. The quantitative estimate of drug-likeness (QED) is 0.234. The van der Waals surface area contributed by atoms with Crippen molar-refractivity contribution in [3.05, 3.63) is 80.6 Å². The minimum absolute atomic E-state index is 0.286. The van der Waals surface area contributed by atoms with E-state index >= 15 is 0 Å². The Morgan fingerprint density at radius 2 is 1.88 bits per heavy atom. The zero-order valence-corrected chi connectivity index (χ0v) is 19.8. The molecule has 0 saturated carbocycles. The number of ether oxygens (including phenoxy) is 1. The molecule has 1 aliphatic rings. The molecule has 0 amide bonds. The fraction of sp³-hybridized carbons (Fsp3) is 0.269. The van der Waals surface area contributed by atoms with Crippen molar-refractivity contribution in [2.75, 3.05) is 0 Å². The molecule has 0 aliphatic heterocycles. The predicted octanol–water partition coefficient (Wildman–Crippen LogP) is 7.17. The van der Waals surface area contributed by atoms with E-state index in [0.29, 0.717) is 11.0 Å². The standard InChI is InChI=1S/C26H24ClN3OS/c1-16-7-12-21(17(2)13-16)28-14-18-8-10-19(11-9-18)31-15-23-29-25(27)24-20-5-3-4-6-22(20)32-26(24)30-23/h7-14H,3-6,15H2,1-2H3. The van der Waals surface area contributed by atoms with Crippen LogP contribution >= 0.6 is 22.9 Å². The highest BCUT2D eigenvalue weighted by Gasteiger charge is 2.20. The van der Waals surface area contributed by atoms with Gasteiger partial charge in [0.05, 0.1) is 11.1 Å². The third-order valence-corrected chi connectivity index (χ3v) is 7.23. The van der Waals surface area contributed by atoms with Gasteiger partial charge in [0, 0.05) is 11.1 Å². The van der Waals surface area contributed by atoms with Gasteiger partial charge in [-0.05, 0) is 86.6 Å². The summed E-state index contributed by atoms with van der Waals surface area (Å²) in [5.74, 6) is 1.38. The van der Waals surface area contributed by atoms with E-state index in [0.717, 1.165) is 40.1 Å². The predicted molar refractivity (Wildman–Crippen MR) is 133 cm³/mol. The Bertz CT molecular complexity index is 1310. The minimum Gasteiger partial charge on any atom is -0.486 e. The average molecular weight is 462 g/mol. The summed E-state index contributed by atoms with van der Waals surface area (Å²) >= 11 is 8.28. The number of thiophene rings is 1. The first-order valence-electron chi connectivity index (χ1n) is 10.9. The van der Waals surface area contributed by atoms with E-state index in [4.69, 9.17) is 21.3 Å². The summed E-state index contributed by atoms with van der Waals surface area (Å²) in [5.41, 5.74) is 5.76. The number of rotatable bonds is 5. The average Bonchev–Trinajstić information content (AvgIpc) is 3.17. The second-order valence-electron chi connectivity index (χ2n) is 8.23. The Hall–Kier alpha value is -2.76. The minimum atomic E-state index is 0.286. The van der Waals surface area contributed by atoms with Gasteiger partial charge < -0.3 is 4.74 Å². The number of hydrogen-bond acceptors (Lipinski definition) is 5. The molecule has 0 N–H and O–H groups in total. The first-order valence-corrected chi connectivity index (χ1v) is 12.1. The van der Waals surface area contributed by atoms with E-state index in [1.54, 1.807) is 11.3 Å². The lowest BCUT2D eigenvalue weighted by Gasteiger charge is -2.10. The summed E-state index contributed by atoms with van der Waals surface area (Å²) in [6.45, 7) is 4.45. The maximum atomic E-state index is 6.53. The molecule has 0 unspecified atom stereocenters. The fourth-order valence-corrected chi connectivity index (χ4v) is 5.75. The molecular formula is C26H24ClN3OS. The van der Waals surface area contributed by atoms with E-state index in [1.165, 1.54) is 34.4 Å². The number of fused-ring (bicyclic) bond motifs is 3. The molecule has 0 saturated heterocycles. The second kappa shape index (κ2) is 9.00. The van der Waals surface area contributed by atoms with E-state index in [2.05, 4.69) is 36.0 Å². The second-order valence-corrected chi connectivity index (χ2v) is 9.67. The molecule has 32 heavy (non-hydrogen) atoms. The zero-order valence-electron chi connectivity index (χ0n) is 18.2. The normalized spacial score (nSPS) is 13.6. The van der Waals surface area contributed by atoms with Crippen molar-refractivity contribution in [3.8, 4) is 5.75 Å². The molecule has 0 bridgehead atoms. The van der Waals surface area contributed by atoms with Crippen molar-refractivity contribution >= 4 is 45.1 Å². The van der Waals surface area contributed by atoms with Crippen molar-refractivity contribution in [2.24, 2.45) is 4.99 Å². The van der Waals surface area contributed by atoms with E-state index in [9.17, 15) is 0 Å². The highest BCUT2D eigenvalue weighted by Crippen LogP contribution is 2.38. The van der Waals surface area contributed by atoms with Crippen LogP contribution in [0.5, 0.6) is 5.75 Å². The Morgan fingerprint density at radius 3 is 2.69 bits per heavy atom. The molecule has 0 atom stereocenters. The van der Waals surface area contributed by atoms with E-state index in [1.807, 2.05) is 36.5 Å². The molecule has 0 spiro atoms. The number of hydrogen-bond donors (Lipinski definition) is 0. The fourth-order valence-electron chi connectivity index (χ4n) is 4.11. The summed E-state index contributed by atoms with van der Waals surface area (Å²) < 4.78 is 5.92. The maximum absolute atomic E-state index is 6.53. The Labute approximate surface area is 197 Å².